The second-order valence-electron chi connectivity index (χ2n) is 5.66. The lowest BCUT2D eigenvalue weighted by molar-refractivity contribution is 0.430. The number of benzene rings is 1. The molecule has 7 nitrogen and oxygen atoms in total. The van der Waals surface area contributed by atoms with Gasteiger partial charge in [-0.3, -0.25) is 0 Å². The van der Waals surface area contributed by atoms with Crippen molar-refractivity contribution in [3.8, 4) is 11.8 Å². The van der Waals surface area contributed by atoms with E-state index in [1.807, 2.05) is 49.5 Å². The maximum atomic E-state index is 12.2. The number of hydrogen-bond donors (Lipinski definition) is 1. The molecule has 1 atom stereocenters. The Morgan fingerprint density at radius 1 is 1.38 bits per heavy atom. The molecule has 0 aliphatic heterocycles. The van der Waals surface area contributed by atoms with E-state index >= 15 is 0 Å². The fourth-order valence-electron chi connectivity index (χ4n) is 2.19. The number of aryl methyl sites for hydroxylation is 1. The molecule has 1 unspecified atom stereocenters. The minimum atomic E-state index is -3.64. The van der Waals surface area contributed by atoms with Gasteiger partial charge in [0, 0.05) is 31.9 Å². The highest BCUT2D eigenvalue weighted by atomic mass is 32.2. The summed E-state index contributed by atoms with van der Waals surface area (Å²) in [5.41, 5.74) is 2.47. The summed E-state index contributed by atoms with van der Waals surface area (Å²) in [6.07, 6.45) is 1.81. The average Bonchev–Trinajstić information content (AvgIpc) is 2.94. The predicted molar refractivity (Wildman–Crippen MR) is 91.5 cm³/mol. The molecule has 0 aliphatic carbocycles. The topological polar surface area (TPSA) is 91.0 Å². The number of hydrogen-bond acceptors (Lipinski definition) is 4. The zero-order valence-corrected chi connectivity index (χ0v) is 14.8. The van der Waals surface area contributed by atoms with Crippen LogP contribution in [0.5, 0.6) is 0 Å². The lowest BCUT2D eigenvalue weighted by atomic mass is 10.2. The van der Waals surface area contributed by atoms with Crippen LogP contribution in [0.2, 0.25) is 0 Å². The van der Waals surface area contributed by atoms with E-state index in [1.165, 1.54) is 7.05 Å². The molecule has 128 valence electrons. The molecule has 24 heavy (non-hydrogen) atoms. The molecule has 0 spiro atoms. The minimum Gasteiger partial charge on any atom is -0.240 e. The number of aromatic nitrogens is 2. The predicted octanol–water partition coefficient (Wildman–Crippen LogP) is 1.61. The van der Waals surface area contributed by atoms with Gasteiger partial charge in [-0.2, -0.15) is 27.8 Å². The van der Waals surface area contributed by atoms with Gasteiger partial charge >= 0.3 is 0 Å². The van der Waals surface area contributed by atoms with Crippen LogP contribution in [-0.2, 0) is 16.8 Å². The first-order valence-corrected chi connectivity index (χ1v) is 8.98. The molecular formula is C16H21N5O2S. The van der Waals surface area contributed by atoms with Crippen molar-refractivity contribution in [3.63, 3.8) is 0 Å². The summed E-state index contributed by atoms with van der Waals surface area (Å²) in [4.78, 5) is 0. The van der Waals surface area contributed by atoms with Gasteiger partial charge in [-0.1, -0.05) is 18.2 Å². The fraction of sp³-hybridized carbons (Fsp3) is 0.375. The molecule has 0 saturated heterocycles. The number of nitrogens with zero attached hydrogens (tertiary/aromatic N) is 4. The van der Waals surface area contributed by atoms with Crippen LogP contribution in [0.1, 0.15) is 18.2 Å². The van der Waals surface area contributed by atoms with Crippen molar-refractivity contribution < 1.29 is 8.42 Å². The molecule has 0 aliphatic rings. The van der Waals surface area contributed by atoms with Crippen LogP contribution < -0.4 is 4.72 Å². The Bertz CT molecular complexity index is 824. The van der Waals surface area contributed by atoms with Gasteiger partial charge < -0.3 is 0 Å². The van der Waals surface area contributed by atoms with E-state index in [9.17, 15) is 8.42 Å². The van der Waals surface area contributed by atoms with E-state index in [2.05, 4.69) is 9.82 Å². The summed E-state index contributed by atoms with van der Waals surface area (Å²) >= 11 is 0. The summed E-state index contributed by atoms with van der Waals surface area (Å²) < 4.78 is 29.9. The Hall–Kier alpha value is -2.21. The van der Waals surface area contributed by atoms with Gasteiger partial charge in [0.25, 0.3) is 10.2 Å². The Morgan fingerprint density at radius 2 is 2.04 bits per heavy atom. The standard InChI is InChI=1S/C16H21N5O2S/c1-13(9-17)11-20(3)24(22,23)18-10-15-12-21(19-14(15)2)16-7-5-4-6-8-16/h4-8,12-13,18H,10-11H2,1-3H3. The number of para-hydroxylation sites is 1. The lowest BCUT2D eigenvalue weighted by Gasteiger charge is -2.18. The van der Waals surface area contributed by atoms with Crippen LogP contribution in [0.15, 0.2) is 36.5 Å². The van der Waals surface area contributed by atoms with Gasteiger partial charge in [0.2, 0.25) is 0 Å². The smallest absolute Gasteiger partial charge is 0.240 e. The average molecular weight is 347 g/mol. The molecule has 2 aromatic rings. The van der Waals surface area contributed by atoms with E-state index in [0.717, 1.165) is 21.2 Å². The Morgan fingerprint density at radius 3 is 2.67 bits per heavy atom. The molecule has 0 bridgehead atoms. The van der Waals surface area contributed by atoms with Crippen molar-refractivity contribution in [1.29, 1.82) is 5.26 Å². The summed E-state index contributed by atoms with van der Waals surface area (Å²) in [6.45, 7) is 3.81. The van der Waals surface area contributed by atoms with E-state index in [-0.39, 0.29) is 19.0 Å². The SMILES string of the molecule is Cc1nn(-c2ccccc2)cc1CNS(=O)(=O)N(C)CC(C)C#N. The van der Waals surface area contributed by atoms with Gasteiger partial charge in [0.1, 0.15) is 0 Å². The molecule has 1 N–H and O–H groups in total. The number of rotatable bonds is 7. The Kier molecular flexibility index (Phi) is 5.72. The van der Waals surface area contributed by atoms with Crippen LogP contribution >= 0.6 is 0 Å². The molecule has 0 radical (unpaired) electrons. The first kappa shape index (κ1) is 18.1. The van der Waals surface area contributed by atoms with Crippen LogP contribution in [0, 0.1) is 24.2 Å². The summed E-state index contributed by atoms with van der Waals surface area (Å²) in [5.74, 6) is -0.367. The van der Waals surface area contributed by atoms with Crippen LogP contribution in [0.25, 0.3) is 5.69 Å². The molecule has 2 rings (SSSR count). The molecule has 0 saturated carbocycles. The number of nitriles is 1. The maximum Gasteiger partial charge on any atom is 0.279 e. The van der Waals surface area contributed by atoms with Gasteiger partial charge in [0.15, 0.2) is 0 Å². The molecule has 1 aromatic carbocycles. The summed E-state index contributed by atoms with van der Waals surface area (Å²) in [7, 11) is -2.19. The van der Waals surface area contributed by atoms with Gasteiger partial charge in [-0.05, 0) is 26.0 Å². The third kappa shape index (κ3) is 4.41. The van der Waals surface area contributed by atoms with Crippen molar-refractivity contribution in [3.05, 3.63) is 47.8 Å². The normalized spacial score (nSPS) is 13.0. The van der Waals surface area contributed by atoms with Gasteiger partial charge in [-0.15, -0.1) is 0 Å². The van der Waals surface area contributed by atoms with E-state index in [0.29, 0.717) is 0 Å². The highest BCUT2D eigenvalue weighted by Crippen LogP contribution is 2.12. The first-order valence-electron chi connectivity index (χ1n) is 7.54. The zero-order chi connectivity index (χ0) is 17.7. The second kappa shape index (κ2) is 7.57. The monoisotopic (exact) mass is 347 g/mol. The summed E-state index contributed by atoms with van der Waals surface area (Å²) in [5, 5.41) is 13.2. The van der Waals surface area contributed by atoms with E-state index < -0.39 is 10.2 Å². The number of nitrogens with one attached hydrogen (secondary N) is 1. The first-order chi connectivity index (χ1) is 11.3. The Balaban J connectivity index is 2.07. The second-order valence-corrected chi connectivity index (χ2v) is 7.52. The molecule has 8 heteroatoms. The molecule has 1 heterocycles. The lowest BCUT2D eigenvalue weighted by Crippen LogP contribution is -2.39. The quantitative estimate of drug-likeness (QED) is 0.824. The Labute approximate surface area is 142 Å². The van der Waals surface area contributed by atoms with Crippen LogP contribution in [0.4, 0.5) is 0 Å². The van der Waals surface area contributed by atoms with E-state index in [1.54, 1.807) is 11.6 Å². The largest absolute Gasteiger partial charge is 0.279 e. The van der Waals surface area contributed by atoms with Crippen molar-refractivity contribution in [2.24, 2.45) is 5.92 Å². The molecule has 0 fully saturated rings. The van der Waals surface area contributed by atoms with Crippen molar-refractivity contribution in [1.82, 2.24) is 18.8 Å². The fourth-order valence-corrected chi connectivity index (χ4v) is 3.16. The van der Waals surface area contributed by atoms with Gasteiger partial charge in [-0.25, -0.2) is 4.68 Å². The van der Waals surface area contributed by atoms with Crippen LogP contribution in [0.3, 0.4) is 0 Å². The molecule has 1 aromatic heterocycles. The van der Waals surface area contributed by atoms with Gasteiger partial charge in [0.05, 0.1) is 23.4 Å². The summed E-state index contributed by atoms with van der Waals surface area (Å²) in [6, 6.07) is 11.6. The zero-order valence-electron chi connectivity index (χ0n) is 14.0. The maximum absolute atomic E-state index is 12.2. The molecular weight excluding hydrogens is 326 g/mol. The van der Waals surface area contributed by atoms with E-state index in [4.69, 9.17) is 5.26 Å². The highest BCUT2D eigenvalue weighted by Gasteiger charge is 2.20. The highest BCUT2D eigenvalue weighted by molar-refractivity contribution is 7.87. The third-order valence-corrected chi connectivity index (χ3v) is 5.11. The van der Waals surface area contributed by atoms with Crippen molar-refractivity contribution in [2.75, 3.05) is 13.6 Å². The third-order valence-electron chi connectivity index (χ3n) is 3.63. The molecule has 0 amide bonds. The van der Waals surface area contributed by atoms with Crippen LogP contribution in [-0.4, -0.2) is 36.1 Å². The van der Waals surface area contributed by atoms with Crippen molar-refractivity contribution >= 4 is 10.2 Å². The minimum absolute atomic E-state index is 0.145. The van der Waals surface area contributed by atoms with Crippen molar-refractivity contribution in [2.45, 2.75) is 20.4 Å².